The van der Waals surface area contributed by atoms with E-state index in [1.165, 1.54) is 14.2 Å². The smallest absolute Gasteiger partial charge is 0.334 e. The second kappa shape index (κ2) is 10.5. The average Bonchev–Trinajstić information content (AvgIpc) is 2.30. The Morgan fingerprint density at radius 2 is 1.47 bits per heavy atom. The molecule has 0 aliphatic heterocycles. The Balaban J connectivity index is 0. The van der Waals surface area contributed by atoms with E-state index in [1.54, 1.807) is 0 Å². The van der Waals surface area contributed by atoms with E-state index in [9.17, 15) is 4.57 Å². The molecule has 101 valence electrons. The van der Waals surface area contributed by atoms with Gasteiger partial charge in [0.2, 0.25) is 0 Å². The van der Waals surface area contributed by atoms with Crippen LogP contribution in [0.3, 0.4) is 0 Å². The van der Waals surface area contributed by atoms with Gasteiger partial charge in [0.05, 0.1) is 13.2 Å². The van der Waals surface area contributed by atoms with Crippen molar-refractivity contribution in [2.24, 2.45) is 0 Å². The second-order valence-corrected chi connectivity index (χ2v) is 7.47. The van der Waals surface area contributed by atoms with Crippen LogP contribution in [0.15, 0.2) is 0 Å². The van der Waals surface area contributed by atoms with Crippen molar-refractivity contribution in [1.29, 1.82) is 0 Å². The molecule has 0 fully saturated rings. The van der Waals surface area contributed by atoms with Gasteiger partial charge in [-0.15, -0.1) is 0 Å². The maximum absolute atomic E-state index is 12.3. The summed E-state index contributed by atoms with van der Waals surface area (Å²) in [4.78, 5) is 0. The topological polar surface area (TPSA) is 54.0 Å². The lowest BCUT2D eigenvalue weighted by molar-refractivity contribution is 0.247. The van der Waals surface area contributed by atoms with E-state index < -0.39 is 16.0 Å². The fourth-order valence-electron chi connectivity index (χ4n) is 1.27. The summed E-state index contributed by atoms with van der Waals surface area (Å²) in [5.41, 5.74) is 0. The lowest BCUT2D eigenvalue weighted by Gasteiger charge is -2.28. The molecule has 0 heterocycles. The van der Waals surface area contributed by atoms with Crippen LogP contribution in [0.1, 0.15) is 27.2 Å². The minimum Gasteiger partial charge on any atom is -0.334 e. The third-order valence-electron chi connectivity index (χ3n) is 2.00. The van der Waals surface area contributed by atoms with Gasteiger partial charge in [-0.1, -0.05) is 6.92 Å². The molecule has 0 aromatic rings. The van der Waals surface area contributed by atoms with Crippen molar-refractivity contribution in [2.75, 3.05) is 27.4 Å². The highest BCUT2D eigenvalue weighted by molar-refractivity contribution is 7.69. The van der Waals surface area contributed by atoms with E-state index in [-0.39, 0.29) is 13.8 Å². The molecule has 0 aliphatic rings. The van der Waals surface area contributed by atoms with Crippen LogP contribution in [0, 0.1) is 0 Å². The molecule has 8 heteroatoms. The Hall–Kier alpha value is 0.565. The SMILES string of the molecule is CCOP(OCC)C(CC)P(=O)(OC)OC.[B]. The van der Waals surface area contributed by atoms with Gasteiger partial charge < -0.3 is 18.1 Å². The Morgan fingerprint density at radius 1 is 1.06 bits per heavy atom. The van der Waals surface area contributed by atoms with E-state index in [0.717, 1.165) is 0 Å². The minimum absolute atomic E-state index is 0. The van der Waals surface area contributed by atoms with Crippen LogP contribution in [0.25, 0.3) is 0 Å². The Labute approximate surface area is 108 Å². The average molecular weight is 283 g/mol. The van der Waals surface area contributed by atoms with Crippen LogP contribution >= 0.6 is 16.0 Å². The van der Waals surface area contributed by atoms with Crippen molar-refractivity contribution in [1.82, 2.24) is 0 Å². The summed E-state index contributed by atoms with van der Waals surface area (Å²) in [6.07, 6.45) is 0.630. The zero-order chi connectivity index (χ0) is 12.6. The van der Waals surface area contributed by atoms with Crippen LogP contribution in [0.5, 0.6) is 0 Å². The summed E-state index contributed by atoms with van der Waals surface area (Å²) >= 11 is 0. The number of rotatable bonds is 9. The van der Waals surface area contributed by atoms with Gasteiger partial charge in [-0.2, -0.15) is 0 Å². The molecule has 3 radical (unpaired) electrons. The van der Waals surface area contributed by atoms with Crippen LogP contribution in [-0.4, -0.2) is 41.2 Å². The minimum atomic E-state index is -3.13. The molecule has 0 N–H and O–H groups in total. The molecular weight excluding hydrogens is 261 g/mol. The van der Waals surface area contributed by atoms with E-state index >= 15 is 0 Å². The molecule has 0 saturated carbocycles. The van der Waals surface area contributed by atoms with Gasteiger partial charge in [-0.05, 0) is 20.3 Å². The molecule has 0 aromatic carbocycles. The Bertz CT molecular complexity index is 215. The third kappa shape index (κ3) is 5.82. The van der Waals surface area contributed by atoms with Gasteiger partial charge in [0.15, 0.2) is 8.38 Å². The quantitative estimate of drug-likeness (QED) is 0.480. The molecule has 0 aromatic heterocycles. The highest BCUT2D eigenvalue weighted by Gasteiger charge is 2.40. The molecular formula is C9H22BO5P2. The molecule has 0 amide bonds. The molecule has 1 unspecified atom stereocenters. The molecule has 0 bridgehead atoms. The van der Waals surface area contributed by atoms with Gasteiger partial charge in [-0.3, -0.25) is 4.57 Å². The first-order valence-electron chi connectivity index (χ1n) is 5.35. The lowest BCUT2D eigenvalue weighted by atomic mass is 10.6. The monoisotopic (exact) mass is 283 g/mol. The molecule has 1 atom stereocenters. The Morgan fingerprint density at radius 3 is 1.71 bits per heavy atom. The largest absolute Gasteiger partial charge is 0.342 e. The summed E-state index contributed by atoms with van der Waals surface area (Å²) in [6, 6.07) is 0. The number of hydrogen-bond acceptors (Lipinski definition) is 5. The molecule has 0 spiro atoms. The van der Waals surface area contributed by atoms with Crippen molar-refractivity contribution < 1.29 is 22.7 Å². The van der Waals surface area contributed by atoms with Crippen molar-refractivity contribution in [3.05, 3.63) is 0 Å². The summed E-state index contributed by atoms with van der Waals surface area (Å²) in [5, 5.41) is -0.336. The molecule has 17 heavy (non-hydrogen) atoms. The first-order valence-corrected chi connectivity index (χ1v) is 8.21. The molecule has 0 aliphatic carbocycles. The molecule has 0 rings (SSSR count). The summed E-state index contributed by atoms with van der Waals surface area (Å²) in [6.45, 7) is 6.73. The van der Waals surface area contributed by atoms with Crippen LogP contribution in [0.4, 0.5) is 0 Å². The fourth-order valence-corrected chi connectivity index (χ4v) is 5.47. The van der Waals surface area contributed by atoms with Crippen molar-refractivity contribution in [2.45, 2.75) is 32.6 Å². The van der Waals surface area contributed by atoms with Crippen molar-refractivity contribution in [3.8, 4) is 0 Å². The predicted octanol–water partition coefficient (Wildman–Crippen LogP) is 3.21. The van der Waals surface area contributed by atoms with Gasteiger partial charge in [0, 0.05) is 22.6 Å². The zero-order valence-electron chi connectivity index (χ0n) is 11.2. The first-order chi connectivity index (χ1) is 7.59. The van der Waals surface area contributed by atoms with Gasteiger partial charge in [0.1, 0.15) is 5.40 Å². The third-order valence-corrected chi connectivity index (χ3v) is 7.40. The van der Waals surface area contributed by atoms with E-state index in [4.69, 9.17) is 18.1 Å². The fraction of sp³-hybridized carbons (Fsp3) is 1.00. The zero-order valence-corrected chi connectivity index (χ0v) is 13.0. The summed E-state index contributed by atoms with van der Waals surface area (Å²) < 4.78 is 33.3. The van der Waals surface area contributed by atoms with Gasteiger partial charge in [-0.25, -0.2) is 0 Å². The number of hydrogen-bond donors (Lipinski definition) is 0. The van der Waals surface area contributed by atoms with E-state index in [2.05, 4.69) is 0 Å². The van der Waals surface area contributed by atoms with Crippen LogP contribution in [0.2, 0.25) is 0 Å². The van der Waals surface area contributed by atoms with Gasteiger partial charge >= 0.3 is 7.60 Å². The highest BCUT2D eigenvalue weighted by atomic mass is 31.2. The highest BCUT2D eigenvalue weighted by Crippen LogP contribution is 2.66. The summed E-state index contributed by atoms with van der Waals surface area (Å²) in [5.74, 6) is 0. The normalized spacial score (nSPS) is 13.5. The van der Waals surface area contributed by atoms with E-state index in [0.29, 0.717) is 19.6 Å². The summed E-state index contributed by atoms with van der Waals surface area (Å²) in [7, 11) is -1.59. The maximum Gasteiger partial charge on any atom is 0.342 e. The van der Waals surface area contributed by atoms with Crippen LogP contribution in [-0.2, 0) is 22.7 Å². The van der Waals surface area contributed by atoms with Crippen molar-refractivity contribution >= 4 is 24.4 Å². The Kier molecular flexibility index (Phi) is 12.3. The van der Waals surface area contributed by atoms with Crippen LogP contribution < -0.4 is 0 Å². The molecule has 0 saturated heterocycles. The lowest BCUT2D eigenvalue weighted by Crippen LogP contribution is -2.12. The van der Waals surface area contributed by atoms with E-state index in [1.807, 2.05) is 20.8 Å². The van der Waals surface area contributed by atoms with Crippen molar-refractivity contribution in [3.63, 3.8) is 0 Å². The first kappa shape index (κ1) is 19.9. The molecule has 5 nitrogen and oxygen atoms in total. The maximum atomic E-state index is 12.3. The van der Waals surface area contributed by atoms with Gasteiger partial charge in [0.25, 0.3) is 0 Å². The standard InChI is InChI=1S/C9H22O5P2.B/c1-6-9(16(10,11-4)12-5)15(13-7-2)14-8-3;/h9H,6-8H2,1-5H3;. The second-order valence-electron chi connectivity index (χ2n) is 2.91. The predicted molar refractivity (Wildman–Crippen MR) is 71.6 cm³/mol.